The van der Waals surface area contributed by atoms with Gasteiger partial charge in [-0.1, -0.05) is 95.3 Å². The summed E-state index contributed by atoms with van der Waals surface area (Å²) in [6.07, 6.45) is 9.85. The van der Waals surface area contributed by atoms with Crippen LogP contribution in [0.25, 0.3) is 0 Å². The monoisotopic (exact) mass is 482 g/mol. The van der Waals surface area contributed by atoms with Gasteiger partial charge in [0.15, 0.2) is 0 Å². The van der Waals surface area contributed by atoms with Crippen molar-refractivity contribution in [3.05, 3.63) is 69.2 Å². The quantitative estimate of drug-likeness (QED) is 0.393. The van der Waals surface area contributed by atoms with E-state index < -0.39 is 0 Å². The third kappa shape index (κ3) is 4.71. The fourth-order valence-corrected chi connectivity index (χ4v) is 6.84. The number of aryl methyl sites for hydroxylation is 1. The van der Waals surface area contributed by atoms with Crippen LogP contribution in [0.5, 0.6) is 0 Å². The Hall–Kier alpha value is -1.35. The highest BCUT2D eigenvalue weighted by molar-refractivity contribution is 6.31. The number of halogens is 1. The number of hydrogen-bond donors (Lipinski definition) is 1. The molecule has 186 valence electrons. The van der Waals surface area contributed by atoms with Crippen molar-refractivity contribution in [2.24, 2.45) is 17.8 Å². The molecule has 34 heavy (non-hydrogen) atoms. The largest absolute Gasteiger partial charge is 0.394 e. The summed E-state index contributed by atoms with van der Waals surface area (Å²) in [5, 5.41) is 11.0. The summed E-state index contributed by atoms with van der Waals surface area (Å²) < 4.78 is 7.06. The van der Waals surface area contributed by atoms with Gasteiger partial charge in [-0.2, -0.15) is 0 Å². The second-order valence-electron chi connectivity index (χ2n) is 10.7. The molecule has 1 saturated carbocycles. The lowest BCUT2D eigenvalue weighted by atomic mass is 9.58. The standard InChI is InChI=1S/C31H43ClO2/c1-5-21(4)31(28(24-9-8-10-24)16-15-25(20-33)34-31)29-17-18-30(32)27(26(29)7-3)19-23-13-11-22(6-2)12-14-23/h11-14,17-18,21,24-25,28,33H,5-10,15-16,19-20H2,1-4H3. The van der Waals surface area contributed by atoms with Crippen LogP contribution in [0.15, 0.2) is 36.4 Å². The van der Waals surface area contributed by atoms with Crippen molar-refractivity contribution in [2.75, 3.05) is 6.61 Å². The predicted octanol–water partition coefficient (Wildman–Crippen LogP) is 7.88. The zero-order chi connectivity index (χ0) is 24.3. The maximum Gasteiger partial charge on any atom is 0.0994 e. The highest BCUT2D eigenvalue weighted by Crippen LogP contribution is 2.56. The molecule has 4 unspecified atom stereocenters. The number of ether oxygens (including phenoxy) is 1. The van der Waals surface area contributed by atoms with Crippen LogP contribution in [-0.2, 0) is 29.6 Å². The molecule has 0 aromatic heterocycles. The second kappa shape index (κ2) is 11.1. The van der Waals surface area contributed by atoms with Crippen molar-refractivity contribution in [3.8, 4) is 0 Å². The fraction of sp³-hybridized carbons (Fsp3) is 0.613. The van der Waals surface area contributed by atoms with Crippen LogP contribution in [0.1, 0.15) is 94.0 Å². The molecule has 1 aliphatic carbocycles. The van der Waals surface area contributed by atoms with Gasteiger partial charge in [-0.15, -0.1) is 0 Å². The molecular formula is C31H43ClO2. The van der Waals surface area contributed by atoms with Gasteiger partial charge in [-0.25, -0.2) is 0 Å². The van der Waals surface area contributed by atoms with E-state index in [1.165, 1.54) is 47.1 Å². The van der Waals surface area contributed by atoms with Gasteiger partial charge in [0.2, 0.25) is 0 Å². The topological polar surface area (TPSA) is 29.5 Å². The molecule has 1 aliphatic heterocycles. The molecule has 0 amide bonds. The Morgan fingerprint density at radius 1 is 0.941 bits per heavy atom. The molecule has 1 saturated heterocycles. The third-order valence-electron chi connectivity index (χ3n) is 8.94. The van der Waals surface area contributed by atoms with Crippen molar-refractivity contribution in [1.29, 1.82) is 0 Å². The van der Waals surface area contributed by atoms with Gasteiger partial charge in [-0.05, 0) is 83.7 Å². The molecule has 2 fully saturated rings. The van der Waals surface area contributed by atoms with Gasteiger partial charge < -0.3 is 9.84 Å². The normalized spacial score (nSPS) is 26.3. The minimum atomic E-state index is -0.359. The molecule has 0 radical (unpaired) electrons. The minimum absolute atomic E-state index is 0.0873. The van der Waals surface area contributed by atoms with Gasteiger partial charge in [0.05, 0.1) is 18.3 Å². The van der Waals surface area contributed by atoms with Crippen LogP contribution in [-0.4, -0.2) is 17.8 Å². The van der Waals surface area contributed by atoms with E-state index in [0.717, 1.165) is 49.5 Å². The molecule has 1 N–H and O–H groups in total. The van der Waals surface area contributed by atoms with E-state index in [1.54, 1.807) is 0 Å². The minimum Gasteiger partial charge on any atom is -0.394 e. The molecule has 4 atom stereocenters. The average molecular weight is 483 g/mol. The SMILES string of the molecule is CCc1ccc(Cc2c(Cl)ccc(C3(C(C)CC)OC(CO)CCC3C3CCC3)c2CC)cc1. The summed E-state index contributed by atoms with van der Waals surface area (Å²) in [4.78, 5) is 0. The summed E-state index contributed by atoms with van der Waals surface area (Å²) in [5.41, 5.74) is 6.25. The maximum atomic E-state index is 10.1. The summed E-state index contributed by atoms with van der Waals surface area (Å²) in [6.45, 7) is 9.20. The zero-order valence-corrected chi connectivity index (χ0v) is 22.3. The van der Waals surface area contributed by atoms with Crippen LogP contribution in [0.2, 0.25) is 5.02 Å². The third-order valence-corrected chi connectivity index (χ3v) is 9.29. The van der Waals surface area contributed by atoms with Gasteiger partial charge >= 0.3 is 0 Å². The lowest BCUT2D eigenvalue weighted by molar-refractivity contribution is -0.223. The molecule has 2 nitrogen and oxygen atoms in total. The summed E-state index contributed by atoms with van der Waals surface area (Å²) in [6, 6.07) is 13.4. The molecule has 0 bridgehead atoms. The highest BCUT2D eigenvalue weighted by Gasteiger charge is 2.53. The molecular weight excluding hydrogens is 440 g/mol. The van der Waals surface area contributed by atoms with Crippen molar-refractivity contribution in [1.82, 2.24) is 0 Å². The van der Waals surface area contributed by atoms with E-state index in [0.29, 0.717) is 11.8 Å². The van der Waals surface area contributed by atoms with Crippen LogP contribution in [0.4, 0.5) is 0 Å². The first-order chi connectivity index (χ1) is 16.5. The van der Waals surface area contributed by atoms with E-state index in [9.17, 15) is 5.11 Å². The first-order valence-corrected chi connectivity index (χ1v) is 14.0. The van der Waals surface area contributed by atoms with Gasteiger partial charge in [-0.3, -0.25) is 0 Å². The Bertz CT molecular complexity index is 949. The van der Waals surface area contributed by atoms with Crippen molar-refractivity contribution >= 4 is 11.6 Å². The van der Waals surface area contributed by atoms with Crippen molar-refractivity contribution < 1.29 is 9.84 Å². The molecule has 3 heteroatoms. The average Bonchev–Trinajstić information content (AvgIpc) is 2.84. The van der Waals surface area contributed by atoms with Crippen LogP contribution < -0.4 is 0 Å². The smallest absolute Gasteiger partial charge is 0.0994 e. The molecule has 0 spiro atoms. The van der Waals surface area contributed by atoms with Crippen LogP contribution >= 0.6 is 11.6 Å². The maximum absolute atomic E-state index is 10.1. The van der Waals surface area contributed by atoms with Crippen molar-refractivity contribution in [2.45, 2.75) is 97.2 Å². The van der Waals surface area contributed by atoms with Crippen LogP contribution in [0.3, 0.4) is 0 Å². The van der Waals surface area contributed by atoms with E-state index in [2.05, 4.69) is 64.1 Å². The second-order valence-corrected chi connectivity index (χ2v) is 11.1. The number of aliphatic hydroxyl groups excluding tert-OH is 1. The van der Waals surface area contributed by atoms with E-state index >= 15 is 0 Å². The number of aliphatic hydroxyl groups is 1. The van der Waals surface area contributed by atoms with E-state index in [-0.39, 0.29) is 18.3 Å². The van der Waals surface area contributed by atoms with Gasteiger partial charge in [0.25, 0.3) is 0 Å². The number of rotatable bonds is 9. The summed E-state index contributed by atoms with van der Waals surface area (Å²) >= 11 is 6.90. The molecule has 1 heterocycles. The first kappa shape index (κ1) is 25.7. The Morgan fingerprint density at radius 3 is 2.21 bits per heavy atom. The highest BCUT2D eigenvalue weighted by atomic mass is 35.5. The van der Waals surface area contributed by atoms with Gasteiger partial charge in [0.1, 0.15) is 0 Å². The fourth-order valence-electron chi connectivity index (χ4n) is 6.59. The van der Waals surface area contributed by atoms with Gasteiger partial charge in [0, 0.05) is 5.02 Å². The number of hydrogen-bond acceptors (Lipinski definition) is 2. The Kier molecular flexibility index (Phi) is 8.44. The summed E-state index contributed by atoms with van der Waals surface area (Å²) in [5.74, 6) is 1.59. The molecule has 2 aromatic carbocycles. The predicted molar refractivity (Wildman–Crippen MR) is 143 cm³/mol. The van der Waals surface area contributed by atoms with Crippen molar-refractivity contribution in [3.63, 3.8) is 0 Å². The lowest BCUT2D eigenvalue weighted by Gasteiger charge is -2.55. The number of benzene rings is 2. The first-order valence-electron chi connectivity index (χ1n) is 13.7. The molecule has 2 aliphatic rings. The summed E-state index contributed by atoms with van der Waals surface area (Å²) in [7, 11) is 0. The molecule has 2 aromatic rings. The molecule has 4 rings (SSSR count). The Labute approximate surface area is 212 Å². The van der Waals surface area contributed by atoms with E-state index in [1.807, 2.05) is 0 Å². The van der Waals surface area contributed by atoms with E-state index in [4.69, 9.17) is 16.3 Å². The Morgan fingerprint density at radius 2 is 1.65 bits per heavy atom. The Balaban J connectivity index is 1.84. The zero-order valence-electron chi connectivity index (χ0n) is 21.6. The lowest BCUT2D eigenvalue weighted by Crippen LogP contribution is -2.54. The van der Waals surface area contributed by atoms with Crippen LogP contribution in [0, 0.1) is 17.8 Å².